The Labute approximate surface area is 117 Å². The highest BCUT2D eigenvalue weighted by Crippen LogP contribution is 2.26. The maximum absolute atomic E-state index is 5.93. The number of hydrogen-bond donors (Lipinski definition) is 2. The second-order valence-corrected chi connectivity index (χ2v) is 6.04. The molecule has 1 saturated heterocycles. The number of nitrogens with two attached hydrogens (primary N) is 1. The van der Waals surface area contributed by atoms with E-state index in [-0.39, 0.29) is 5.54 Å². The zero-order chi connectivity index (χ0) is 14.3. The molecule has 0 aromatic carbocycles. The van der Waals surface area contributed by atoms with Crippen molar-refractivity contribution in [2.45, 2.75) is 38.6 Å². The lowest BCUT2D eigenvalue weighted by Gasteiger charge is -2.41. The van der Waals surface area contributed by atoms with E-state index in [0.717, 1.165) is 45.6 Å². The van der Waals surface area contributed by atoms with Crippen molar-refractivity contribution in [3.8, 4) is 0 Å². The van der Waals surface area contributed by atoms with Crippen LogP contribution in [0.3, 0.4) is 0 Å². The van der Waals surface area contributed by atoms with Gasteiger partial charge in [0.15, 0.2) is 5.96 Å². The predicted molar refractivity (Wildman–Crippen MR) is 80.4 cm³/mol. The summed E-state index contributed by atoms with van der Waals surface area (Å²) < 4.78 is 5.45. The van der Waals surface area contributed by atoms with Crippen LogP contribution in [0.5, 0.6) is 0 Å². The lowest BCUT2D eigenvalue weighted by Crippen LogP contribution is -2.51. The van der Waals surface area contributed by atoms with Crippen molar-refractivity contribution in [1.29, 1.82) is 0 Å². The van der Waals surface area contributed by atoms with Crippen LogP contribution >= 0.6 is 0 Å². The van der Waals surface area contributed by atoms with Gasteiger partial charge >= 0.3 is 0 Å². The first kappa shape index (κ1) is 16.2. The molecule has 0 bridgehead atoms. The first-order chi connectivity index (χ1) is 8.96. The van der Waals surface area contributed by atoms with E-state index in [1.54, 1.807) is 0 Å². The van der Waals surface area contributed by atoms with Gasteiger partial charge in [-0.25, -0.2) is 0 Å². The van der Waals surface area contributed by atoms with Crippen LogP contribution in [0, 0.1) is 5.92 Å². The average Bonchev–Trinajstić information content (AvgIpc) is 2.37. The normalized spacial score (nSPS) is 20.0. The molecule has 1 aliphatic heterocycles. The molecule has 0 saturated carbocycles. The Balaban J connectivity index is 2.46. The molecule has 0 aromatic rings. The summed E-state index contributed by atoms with van der Waals surface area (Å²) in [7, 11) is 4.23. The number of likely N-dealkylation sites (N-methyl/N-ethyl adjacent to an activating group) is 1. The van der Waals surface area contributed by atoms with Gasteiger partial charge < -0.3 is 20.7 Å². The molecular formula is C14H30N4O. The fourth-order valence-corrected chi connectivity index (χ4v) is 2.28. The minimum Gasteiger partial charge on any atom is -0.381 e. The summed E-state index contributed by atoms with van der Waals surface area (Å²) in [6.45, 7) is 7.67. The van der Waals surface area contributed by atoms with Gasteiger partial charge in [0.25, 0.3) is 0 Å². The fourth-order valence-electron chi connectivity index (χ4n) is 2.28. The van der Waals surface area contributed by atoms with Gasteiger partial charge in [-0.3, -0.25) is 4.99 Å². The molecule has 5 nitrogen and oxygen atoms in total. The predicted octanol–water partition coefficient (Wildman–Crippen LogP) is 1.05. The van der Waals surface area contributed by atoms with Crippen molar-refractivity contribution in [3.05, 3.63) is 0 Å². The molecule has 1 rings (SSSR count). The molecule has 5 heteroatoms. The summed E-state index contributed by atoms with van der Waals surface area (Å²) in [5, 5.41) is 3.19. The lowest BCUT2D eigenvalue weighted by molar-refractivity contribution is -0.00252. The van der Waals surface area contributed by atoms with Crippen molar-refractivity contribution in [2.75, 3.05) is 40.4 Å². The van der Waals surface area contributed by atoms with E-state index in [2.05, 4.69) is 43.2 Å². The third-order valence-corrected chi connectivity index (χ3v) is 3.94. The molecule has 0 atom stereocenters. The van der Waals surface area contributed by atoms with Gasteiger partial charge in [-0.15, -0.1) is 0 Å². The lowest BCUT2D eigenvalue weighted by atomic mass is 9.89. The summed E-state index contributed by atoms with van der Waals surface area (Å²) in [4.78, 5) is 6.79. The Morgan fingerprint density at radius 2 is 2.00 bits per heavy atom. The number of nitrogens with zero attached hydrogens (tertiary/aromatic N) is 2. The number of aliphatic imine (C=N–C) groups is 1. The quantitative estimate of drug-likeness (QED) is 0.559. The van der Waals surface area contributed by atoms with Crippen molar-refractivity contribution in [1.82, 2.24) is 10.2 Å². The molecule has 1 fully saturated rings. The molecule has 19 heavy (non-hydrogen) atoms. The van der Waals surface area contributed by atoms with Crippen LogP contribution in [-0.2, 0) is 4.74 Å². The Morgan fingerprint density at radius 3 is 2.53 bits per heavy atom. The highest BCUT2D eigenvalue weighted by atomic mass is 16.5. The maximum atomic E-state index is 5.93. The molecule has 0 aliphatic carbocycles. The van der Waals surface area contributed by atoms with Crippen LogP contribution in [0.1, 0.15) is 33.1 Å². The average molecular weight is 270 g/mol. The molecule has 1 heterocycles. The summed E-state index contributed by atoms with van der Waals surface area (Å²) in [5.74, 6) is 1.25. The maximum Gasteiger partial charge on any atom is 0.188 e. The highest BCUT2D eigenvalue weighted by Gasteiger charge is 2.34. The Kier molecular flexibility index (Phi) is 6.58. The molecule has 0 radical (unpaired) electrons. The van der Waals surface area contributed by atoms with Crippen LogP contribution in [0.4, 0.5) is 0 Å². The van der Waals surface area contributed by atoms with Crippen LogP contribution < -0.4 is 11.1 Å². The molecule has 3 N–H and O–H groups in total. The van der Waals surface area contributed by atoms with Gasteiger partial charge in [0.05, 0.1) is 6.54 Å². The van der Waals surface area contributed by atoms with Crippen LogP contribution in [0.2, 0.25) is 0 Å². The first-order valence-electron chi connectivity index (χ1n) is 7.25. The Morgan fingerprint density at radius 1 is 1.37 bits per heavy atom. The third-order valence-electron chi connectivity index (χ3n) is 3.94. The number of ether oxygens (including phenoxy) is 1. The number of nitrogens with one attached hydrogen (secondary N) is 1. The summed E-state index contributed by atoms with van der Waals surface area (Å²) in [6.07, 6.45) is 3.15. The minimum absolute atomic E-state index is 0.0998. The standard InChI is InChI=1S/C14H30N4O/c1-12(2)5-8-16-13(15)17-11-14(18(3)4)6-9-19-10-7-14/h12H,5-11H2,1-4H3,(H3,15,16,17). The van der Waals surface area contributed by atoms with Crippen molar-refractivity contribution >= 4 is 5.96 Å². The summed E-state index contributed by atoms with van der Waals surface area (Å²) in [6, 6.07) is 0. The van der Waals surface area contributed by atoms with E-state index in [1.807, 2.05) is 0 Å². The molecule has 0 spiro atoms. The zero-order valence-corrected chi connectivity index (χ0v) is 12.9. The number of guanidine groups is 1. The molecule has 112 valence electrons. The van der Waals surface area contributed by atoms with Crippen LogP contribution in [0.15, 0.2) is 4.99 Å². The van der Waals surface area contributed by atoms with Crippen LogP contribution in [0.25, 0.3) is 0 Å². The van der Waals surface area contributed by atoms with Crippen molar-refractivity contribution < 1.29 is 4.74 Å². The van der Waals surface area contributed by atoms with Gasteiger partial charge in [0.2, 0.25) is 0 Å². The molecule has 0 aromatic heterocycles. The number of rotatable bonds is 6. The molecule has 0 amide bonds. The van der Waals surface area contributed by atoms with Gasteiger partial charge in [0.1, 0.15) is 0 Å². The highest BCUT2D eigenvalue weighted by molar-refractivity contribution is 5.77. The van der Waals surface area contributed by atoms with E-state index in [4.69, 9.17) is 10.5 Å². The van der Waals surface area contributed by atoms with Gasteiger partial charge in [-0.1, -0.05) is 13.8 Å². The summed E-state index contributed by atoms with van der Waals surface area (Å²) >= 11 is 0. The second kappa shape index (κ2) is 7.70. The van der Waals surface area contributed by atoms with Crippen LogP contribution in [-0.4, -0.2) is 56.8 Å². The molecule has 0 unspecified atom stereocenters. The van der Waals surface area contributed by atoms with Crippen molar-refractivity contribution in [2.24, 2.45) is 16.6 Å². The number of hydrogen-bond acceptors (Lipinski definition) is 3. The minimum atomic E-state index is 0.0998. The van der Waals surface area contributed by atoms with Gasteiger partial charge in [-0.05, 0) is 39.3 Å². The monoisotopic (exact) mass is 270 g/mol. The largest absolute Gasteiger partial charge is 0.381 e. The third kappa shape index (κ3) is 5.37. The Bertz CT molecular complexity index is 283. The SMILES string of the molecule is CC(C)CCNC(N)=NCC1(N(C)C)CCOCC1. The Hall–Kier alpha value is -0.810. The van der Waals surface area contributed by atoms with Gasteiger partial charge in [0, 0.05) is 25.3 Å². The zero-order valence-electron chi connectivity index (χ0n) is 12.9. The smallest absolute Gasteiger partial charge is 0.188 e. The van der Waals surface area contributed by atoms with E-state index in [1.165, 1.54) is 0 Å². The van der Waals surface area contributed by atoms with E-state index < -0.39 is 0 Å². The van der Waals surface area contributed by atoms with E-state index in [9.17, 15) is 0 Å². The first-order valence-corrected chi connectivity index (χ1v) is 7.25. The molecule has 1 aliphatic rings. The topological polar surface area (TPSA) is 62.9 Å². The molecular weight excluding hydrogens is 240 g/mol. The fraction of sp³-hybridized carbons (Fsp3) is 0.929. The van der Waals surface area contributed by atoms with Gasteiger partial charge in [-0.2, -0.15) is 0 Å². The van der Waals surface area contributed by atoms with Crippen molar-refractivity contribution in [3.63, 3.8) is 0 Å². The second-order valence-electron chi connectivity index (χ2n) is 6.04. The van der Waals surface area contributed by atoms with E-state index >= 15 is 0 Å². The summed E-state index contributed by atoms with van der Waals surface area (Å²) in [5.41, 5.74) is 6.03. The van der Waals surface area contributed by atoms with E-state index in [0.29, 0.717) is 11.9 Å².